The average molecular weight is 252 g/mol. The largest absolute Gasteiger partial charge is 0.312 e. The predicted octanol–water partition coefficient (Wildman–Crippen LogP) is 2.46. The molecule has 3 heteroatoms. The Labute approximate surface area is 112 Å². The number of Topliss-reactive ketones (excluding diaryl/α,β-unsaturated/α-hetero) is 1. The first-order valence-corrected chi connectivity index (χ1v) is 6.50. The van der Waals surface area contributed by atoms with Crippen molar-refractivity contribution in [3.63, 3.8) is 0 Å². The van der Waals surface area contributed by atoms with Crippen molar-refractivity contribution < 1.29 is 4.79 Å². The highest BCUT2D eigenvalue weighted by molar-refractivity contribution is 6.02. The molecule has 3 nitrogen and oxygen atoms in total. The Morgan fingerprint density at radius 3 is 3.00 bits per heavy atom. The zero-order valence-corrected chi connectivity index (χ0v) is 10.9. The van der Waals surface area contributed by atoms with Crippen molar-refractivity contribution in [2.75, 3.05) is 6.54 Å². The van der Waals surface area contributed by atoms with Crippen LogP contribution in [-0.2, 0) is 6.54 Å². The fourth-order valence-corrected chi connectivity index (χ4v) is 2.64. The van der Waals surface area contributed by atoms with Gasteiger partial charge in [-0.05, 0) is 29.7 Å². The van der Waals surface area contributed by atoms with Crippen molar-refractivity contribution >= 4 is 5.78 Å². The van der Waals surface area contributed by atoms with Gasteiger partial charge >= 0.3 is 0 Å². The molecule has 1 aromatic carbocycles. The van der Waals surface area contributed by atoms with E-state index in [0.717, 1.165) is 23.2 Å². The number of carbonyl (C=O) groups excluding carboxylic acids is 1. The third-order valence-corrected chi connectivity index (χ3v) is 3.72. The van der Waals surface area contributed by atoms with Gasteiger partial charge in [0.1, 0.15) is 0 Å². The highest BCUT2D eigenvalue weighted by atomic mass is 16.1. The number of carbonyl (C=O) groups is 1. The molecular formula is C16H16N2O. The highest BCUT2D eigenvalue weighted by Crippen LogP contribution is 2.27. The van der Waals surface area contributed by atoms with Gasteiger partial charge in [-0.2, -0.15) is 0 Å². The van der Waals surface area contributed by atoms with E-state index in [4.69, 9.17) is 0 Å². The number of rotatable bonds is 2. The Balaban J connectivity index is 2.00. The first-order valence-electron chi connectivity index (χ1n) is 6.50. The number of aromatic nitrogens is 1. The number of nitrogens with zero attached hydrogens (tertiary/aromatic N) is 1. The van der Waals surface area contributed by atoms with Crippen molar-refractivity contribution in [2.24, 2.45) is 0 Å². The summed E-state index contributed by atoms with van der Waals surface area (Å²) in [6.07, 6.45) is 3.40. The maximum atomic E-state index is 12.7. The van der Waals surface area contributed by atoms with Gasteiger partial charge in [0, 0.05) is 31.0 Å². The number of aryl methyl sites for hydroxylation is 1. The minimum Gasteiger partial charge on any atom is -0.312 e. The summed E-state index contributed by atoms with van der Waals surface area (Å²) < 4.78 is 0. The molecule has 3 rings (SSSR count). The molecule has 2 heterocycles. The van der Waals surface area contributed by atoms with Gasteiger partial charge in [-0.25, -0.2) is 0 Å². The summed E-state index contributed by atoms with van der Waals surface area (Å²) in [5.74, 6) is 0.0538. The Bertz CT molecular complexity index is 622. The standard InChI is InChI=1S/C16H16N2O/c1-11-6-7-17-9-14(11)16(19)15-10-18-8-12-4-2-3-5-13(12)15/h2-7,9,15,18H,8,10H2,1H3. The van der Waals surface area contributed by atoms with Crippen LogP contribution in [0.3, 0.4) is 0 Å². The van der Waals surface area contributed by atoms with E-state index in [0.29, 0.717) is 6.54 Å². The fraction of sp³-hybridized carbons (Fsp3) is 0.250. The lowest BCUT2D eigenvalue weighted by molar-refractivity contribution is 0.0954. The van der Waals surface area contributed by atoms with Crippen LogP contribution in [0.5, 0.6) is 0 Å². The molecule has 1 aliphatic rings. The van der Waals surface area contributed by atoms with E-state index in [2.05, 4.69) is 22.4 Å². The van der Waals surface area contributed by atoms with Crippen LogP contribution >= 0.6 is 0 Å². The van der Waals surface area contributed by atoms with Gasteiger partial charge in [0.2, 0.25) is 0 Å². The van der Waals surface area contributed by atoms with E-state index >= 15 is 0 Å². The summed E-state index contributed by atoms with van der Waals surface area (Å²) in [5.41, 5.74) is 4.08. The molecule has 1 N–H and O–H groups in total. The average Bonchev–Trinajstić information content (AvgIpc) is 2.46. The minimum atomic E-state index is -0.104. The normalized spacial score (nSPS) is 17.8. The van der Waals surface area contributed by atoms with Gasteiger partial charge in [-0.1, -0.05) is 24.3 Å². The molecule has 0 spiro atoms. The van der Waals surface area contributed by atoms with Crippen molar-refractivity contribution in [3.8, 4) is 0 Å². The molecule has 19 heavy (non-hydrogen) atoms. The summed E-state index contributed by atoms with van der Waals surface area (Å²) in [4.78, 5) is 16.8. The van der Waals surface area contributed by atoms with Gasteiger partial charge in [-0.3, -0.25) is 9.78 Å². The molecule has 96 valence electrons. The van der Waals surface area contributed by atoms with Crippen molar-refractivity contribution in [1.29, 1.82) is 0 Å². The third-order valence-electron chi connectivity index (χ3n) is 3.72. The van der Waals surface area contributed by atoms with Gasteiger partial charge in [0.25, 0.3) is 0 Å². The molecule has 2 aromatic rings. The SMILES string of the molecule is Cc1ccncc1C(=O)C1CNCc2ccccc21. The van der Waals surface area contributed by atoms with E-state index < -0.39 is 0 Å². The number of fused-ring (bicyclic) bond motifs is 1. The topological polar surface area (TPSA) is 42.0 Å². The van der Waals surface area contributed by atoms with Crippen LogP contribution < -0.4 is 5.32 Å². The molecule has 0 saturated carbocycles. The van der Waals surface area contributed by atoms with E-state index in [9.17, 15) is 4.79 Å². The van der Waals surface area contributed by atoms with Crippen molar-refractivity contribution in [1.82, 2.24) is 10.3 Å². The van der Waals surface area contributed by atoms with Crippen LogP contribution in [0.25, 0.3) is 0 Å². The molecule has 0 fully saturated rings. The van der Waals surface area contributed by atoms with Crippen molar-refractivity contribution in [2.45, 2.75) is 19.4 Å². The zero-order chi connectivity index (χ0) is 13.2. The first kappa shape index (κ1) is 12.1. The number of hydrogen-bond donors (Lipinski definition) is 1. The van der Waals surface area contributed by atoms with Gasteiger partial charge in [-0.15, -0.1) is 0 Å². The summed E-state index contributed by atoms with van der Waals surface area (Å²) in [6.45, 7) is 3.49. The van der Waals surface area contributed by atoms with Crippen LogP contribution in [0.1, 0.15) is 33.0 Å². The molecule has 0 amide bonds. The van der Waals surface area contributed by atoms with E-state index in [1.807, 2.05) is 25.1 Å². The maximum absolute atomic E-state index is 12.7. The lowest BCUT2D eigenvalue weighted by Gasteiger charge is -2.25. The number of benzene rings is 1. The van der Waals surface area contributed by atoms with Crippen LogP contribution in [0.15, 0.2) is 42.7 Å². The Morgan fingerprint density at radius 1 is 1.32 bits per heavy atom. The fourth-order valence-electron chi connectivity index (χ4n) is 2.64. The number of pyridine rings is 1. The molecule has 0 saturated heterocycles. The lowest BCUT2D eigenvalue weighted by atomic mass is 9.85. The molecule has 1 atom stereocenters. The van der Waals surface area contributed by atoms with Gasteiger partial charge in [0.05, 0.1) is 5.92 Å². The van der Waals surface area contributed by atoms with Gasteiger partial charge in [0.15, 0.2) is 5.78 Å². The summed E-state index contributed by atoms with van der Waals surface area (Å²) in [7, 11) is 0. The van der Waals surface area contributed by atoms with Gasteiger partial charge < -0.3 is 5.32 Å². The lowest BCUT2D eigenvalue weighted by Crippen LogP contribution is -2.33. The summed E-state index contributed by atoms with van der Waals surface area (Å²) in [5, 5.41) is 3.32. The number of nitrogens with one attached hydrogen (secondary N) is 1. The molecule has 0 radical (unpaired) electrons. The highest BCUT2D eigenvalue weighted by Gasteiger charge is 2.27. The Hall–Kier alpha value is -2.00. The molecule has 1 unspecified atom stereocenters. The van der Waals surface area contributed by atoms with Crippen LogP contribution in [0.4, 0.5) is 0 Å². The molecule has 1 aromatic heterocycles. The van der Waals surface area contributed by atoms with Crippen LogP contribution in [0.2, 0.25) is 0 Å². The summed E-state index contributed by atoms with van der Waals surface area (Å²) in [6, 6.07) is 10.0. The molecule has 1 aliphatic heterocycles. The van der Waals surface area contributed by atoms with Crippen molar-refractivity contribution in [3.05, 3.63) is 65.0 Å². The molecular weight excluding hydrogens is 236 g/mol. The molecule has 0 bridgehead atoms. The summed E-state index contributed by atoms with van der Waals surface area (Å²) >= 11 is 0. The second-order valence-corrected chi connectivity index (χ2v) is 4.94. The van der Waals surface area contributed by atoms with E-state index in [1.165, 1.54) is 5.56 Å². The first-order chi connectivity index (χ1) is 9.27. The molecule has 0 aliphatic carbocycles. The Morgan fingerprint density at radius 2 is 2.16 bits per heavy atom. The zero-order valence-electron chi connectivity index (χ0n) is 10.9. The monoisotopic (exact) mass is 252 g/mol. The smallest absolute Gasteiger partial charge is 0.173 e. The van der Waals surface area contributed by atoms with E-state index in [1.54, 1.807) is 12.4 Å². The quantitative estimate of drug-likeness (QED) is 0.835. The Kier molecular flexibility index (Phi) is 3.13. The third kappa shape index (κ3) is 2.17. The van der Waals surface area contributed by atoms with E-state index in [-0.39, 0.29) is 11.7 Å². The number of ketones is 1. The predicted molar refractivity (Wildman–Crippen MR) is 74.2 cm³/mol. The number of hydrogen-bond acceptors (Lipinski definition) is 3. The van der Waals surface area contributed by atoms with Crippen LogP contribution in [0, 0.1) is 6.92 Å². The van der Waals surface area contributed by atoms with Crippen LogP contribution in [-0.4, -0.2) is 17.3 Å². The second kappa shape index (κ2) is 4.94. The second-order valence-electron chi connectivity index (χ2n) is 4.94. The maximum Gasteiger partial charge on any atom is 0.173 e. The minimum absolute atomic E-state index is 0.104.